The molecule has 3 heterocycles. The molecule has 0 aliphatic carbocycles. The number of rotatable bonds is 5. The molecule has 0 N–H and O–H groups in total. The number of benzene rings is 2. The minimum atomic E-state index is -1.04. The quantitative estimate of drug-likeness (QED) is 0.414. The molecule has 7 heteroatoms. The highest BCUT2D eigenvalue weighted by Gasteiger charge is 2.52. The molecule has 4 aromatic rings. The Morgan fingerprint density at radius 2 is 1.81 bits per heavy atom. The number of fused-ring (bicyclic) bond motifs is 1. The van der Waals surface area contributed by atoms with E-state index in [9.17, 15) is 9.59 Å². The molecule has 32 heavy (non-hydrogen) atoms. The predicted octanol–water partition coefficient (Wildman–Crippen LogP) is 5.35. The van der Waals surface area contributed by atoms with Crippen LogP contribution in [0, 0.1) is 6.92 Å². The zero-order valence-corrected chi connectivity index (χ0v) is 18.6. The molecule has 1 fully saturated rings. The average molecular weight is 444 g/mol. The number of pyridine rings is 1. The molecule has 0 saturated carbocycles. The van der Waals surface area contributed by atoms with Crippen molar-refractivity contribution in [1.29, 1.82) is 0 Å². The SMILES string of the molecule is Cc1oc(-c2ccccc2)nc1CCC1(c2cnc3ccccc3c2)SC(=O)N(C)C1=O. The van der Waals surface area contributed by atoms with E-state index in [0.29, 0.717) is 24.5 Å². The van der Waals surface area contributed by atoms with E-state index in [2.05, 4.69) is 9.97 Å². The molecule has 5 rings (SSSR count). The van der Waals surface area contributed by atoms with Crippen molar-refractivity contribution in [3.05, 3.63) is 83.9 Å². The summed E-state index contributed by atoms with van der Waals surface area (Å²) >= 11 is 1.06. The van der Waals surface area contributed by atoms with Gasteiger partial charge in [-0.3, -0.25) is 19.5 Å². The summed E-state index contributed by atoms with van der Waals surface area (Å²) in [7, 11) is 1.53. The molecule has 160 valence electrons. The summed E-state index contributed by atoms with van der Waals surface area (Å²) < 4.78 is 4.85. The van der Waals surface area contributed by atoms with Crippen LogP contribution in [0.3, 0.4) is 0 Å². The number of likely N-dealkylation sites (N-methyl/N-ethyl adjacent to an activating group) is 1. The van der Waals surface area contributed by atoms with Crippen molar-refractivity contribution in [2.45, 2.75) is 24.5 Å². The van der Waals surface area contributed by atoms with Gasteiger partial charge in [-0.25, -0.2) is 4.98 Å². The lowest BCUT2D eigenvalue weighted by Gasteiger charge is -2.25. The number of thioether (sulfide) groups is 1. The Labute approximate surface area is 189 Å². The number of para-hydroxylation sites is 1. The summed E-state index contributed by atoms with van der Waals surface area (Å²) in [5.74, 6) is 1.04. The Bertz CT molecular complexity index is 1330. The van der Waals surface area contributed by atoms with Gasteiger partial charge in [0.15, 0.2) is 0 Å². The first kappa shape index (κ1) is 20.5. The fraction of sp³-hybridized carbons (Fsp3) is 0.200. The summed E-state index contributed by atoms with van der Waals surface area (Å²) in [6, 6.07) is 19.4. The number of oxazole rings is 1. The molecule has 1 saturated heterocycles. The van der Waals surface area contributed by atoms with E-state index in [1.165, 1.54) is 11.9 Å². The van der Waals surface area contributed by atoms with E-state index < -0.39 is 4.75 Å². The molecule has 1 atom stereocenters. The van der Waals surface area contributed by atoms with Crippen LogP contribution in [0.4, 0.5) is 4.79 Å². The number of aromatic nitrogens is 2. The Kier molecular flexibility index (Phi) is 5.06. The summed E-state index contributed by atoms with van der Waals surface area (Å²) in [6.45, 7) is 1.87. The second kappa shape index (κ2) is 7.91. The van der Waals surface area contributed by atoms with Crippen LogP contribution in [0.15, 0.2) is 71.3 Å². The van der Waals surface area contributed by atoms with Crippen LogP contribution >= 0.6 is 11.8 Å². The van der Waals surface area contributed by atoms with E-state index in [4.69, 9.17) is 4.42 Å². The third kappa shape index (κ3) is 3.39. The highest BCUT2D eigenvalue weighted by Crippen LogP contribution is 2.48. The van der Waals surface area contributed by atoms with Crippen LogP contribution in [0.5, 0.6) is 0 Å². The molecule has 2 aromatic carbocycles. The van der Waals surface area contributed by atoms with Crippen molar-refractivity contribution < 1.29 is 14.0 Å². The summed E-state index contributed by atoms with van der Waals surface area (Å²) in [5.41, 5.74) is 3.26. The van der Waals surface area contributed by atoms with Gasteiger partial charge >= 0.3 is 0 Å². The highest BCUT2D eigenvalue weighted by molar-refractivity contribution is 8.15. The number of hydrogen-bond donors (Lipinski definition) is 0. The van der Waals surface area contributed by atoms with Crippen LogP contribution < -0.4 is 0 Å². The monoisotopic (exact) mass is 443 g/mol. The van der Waals surface area contributed by atoms with E-state index >= 15 is 0 Å². The molecular formula is C25H21N3O3S. The minimum Gasteiger partial charge on any atom is -0.441 e. The van der Waals surface area contributed by atoms with Gasteiger partial charge < -0.3 is 4.42 Å². The first-order valence-corrected chi connectivity index (χ1v) is 11.2. The summed E-state index contributed by atoms with van der Waals surface area (Å²) in [4.78, 5) is 36.3. The normalized spacial score (nSPS) is 18.6. The lowest BCUT2D eigenvalue weighted by Crippen LogP contribution is -2.36. The van der Waals surface area contributed by atoms with Crippen LogP contribution in [0.25, 0.3) is 22.4 Å². The molecule has 6 nitrogen and oxygen atoms in total. The number of imide groups is 1. The van der Waals surface area contributed by atoms with Gasteiger partial charge in [-0.05, 0) is 61.4 Å². The Balaban J connectivity index is 1.51. The number of aryl methyl sites for hydroxylation is 2. The van der Waals surface area contributed by atoms with Gasteiger partial charge in [-0.2, -0.15) is 0 Å². The molecule has 1 aliphatic rings. The predicted molar refractivity (Wildman–Crippen MR) is 124 cm³/mol. The van der Waals surface area contributed by atoms with E-state index in [1.54, 1.807) is 6.20 Å². The third-order valence-electron chi connectivity index (χ3n) is 5.87. The molecule has 0 spiro atoms. The van der Waals surface area contributed by atoms with Crippen LogP contribution in [0.2, 0.25) is 0 Å². The number of hydrogen-bond acceptors (Lipinski definition) is 6. The lowest BCUT2D eigenvalue weighted by atomic mass is 9.91. The zero-order valence-electron chi connectivity index (χ0n) is 17.7. The fourth-order valence-corrected chi connectivity index (χ4v) is 5.23. The van der Waals surface area contributed by atoms with Crippen molar-refractivity contribution in [3.8, 4) is 11.5 Å². The number of carbonyl (C=O) groups excluding carboxylic acids is 2. The maximum atomic E-state index is 13.3. The van der Waals surface area contributed by atoms with E-state index in [1.807, 2.05) is 67.6 Å². The van der Waals surface area contributed by atoms with Gasteiger partial charge in [0.2, 0.25) is 5.89 Å². The number of amides is 2. The Morgan fingerprint density at radius 1 is 1.06 bits per heavy atom. The molecule has 0 radical (unpaired) electrons. The second-order valence-electron chi connectivity index (χ2n) is 7.86. The first-order valence-electron chi connectivity index (χ1n) is 10.4. The van der Waals surface area contributed by atoms with E-state index in [-0.39, 0.29) is 11.1 Å². The van der Waals surface area contributed by atoms with Gasteiger partial charge in [0, 0.05) is 24.2 Å². The second-order valence-corrected chi connectivity index (χ2v) is 9.11. The fourth-order valence-electron chi connectivity index (χ4n) is 4.05. The molecule has 2 aromatic heterocycles. The third-order valence-corrected chi connectivity index (χ3v) is 7.28. The van der Waals surface area contributed by atoms with Crippen molar-refractivity contribution in [3.63, 3.8) is 0 Å². The topological polar surface area (TPSA) is 76.3 Å². The Morgan fingerprint density at radius 3 is 2.56 bits per heavy atom. The van der Waals surface area contributed by atoms with E-state index in [0.717, 1.165) is 39.5 Å². The van der Waals surface area contributed by atoms with Crippen LogP contribution in [-0.4, -0.2) is 33.1 Å². The number of nitrogens with zero attached hydrogens (tertiary/aromatic N) is 3. The van der Waals surface area contributed by atoms with Crippen molar-refractivity contribution in [2.24, 2.45) is 0 Å². The average Bonchev–Trinajstić information content (AvgIpc) is 3.31. The summed E-state index contributed by atoms with van der Waals surface area (Å²) in [5, 5.41) is 0.675. The molecule has 1 aliphatic heterocycles. The standard InChI is InChI=1S/C25H21N3O3S/c1-16-20(27-22(31-16)17-8-4-3-5-9-17)12-13-25(23(29)28(2)24(30)32-25)19-14-18-10-6-7-11-21(18)26-15-19/h3-11,14-15H,12-13H2,1-2H3. The maximum absolute atomic E-state index is 13.3. The molecule has 1 unspecified atom stereocenters. The van der Waals surface area contributed by atoms with Crippen molar-refractivity contribution >= 4 is 33.8 Å². The maximum Gasteiger partial charge on any atom is 0.289 e. The smallest absolute Gasteiger partial charge is 0.289 e. The van der Waals surface area contributed by atoms with Gasteiger partial charge in [-0.15, -0.1) is 0 Å². The molecule has 2 amide bonds. The molecule has 0 bridgehead atoms. The van der Waals surface area contributed by atoms with Gasteiger partial charge in [-0.1, -0.05) is 36.4 Å². The molecular weight excluding hydrogens is 422 g/mol. The van der Waals surface area contributed by atoms with Gasteiger partial charge in [0.05, 0.1) is 11.2 Å². The number of carbonyl (C=O) groups is 2. The van der Waals surface area contributed by atoms with Crippen molar-refractivity contribution in [1.82, 2.24) is 14.9 Å². The summed E-state index contributed by atoms with van der Waals surface area (Å²) in [6.07, 6.45) is 2.62. The first-order chi connectivity index (χ1) is 15.5. The minimum absolute atomic E-state index is 0.228. The highest BCUT2D eigenvalue weighted by atomic mass is 32.2. The zero-order chi connectivity index (χ0) is 22.3. The largest absolute Gasteiger partial charge is 0.441 e. The van der Waals surface area contributed by atoms with Crippen molar-refractivity contribution in [2.75, 3.05) is 7.05 Å². The Hall–Kier alpha value is -3.45. The van der Waals surface area contributed by atoms with Gasteiger partial charge in [0.1, 0.15) is 10.5 Å². The van der Waals surface area contributed by atoms with Gasteiger partial charge in [0.25, 0.3) is 11.1 Å². The lowest BCUT2D eigenvalue weighted by molar-refractivity contribution is -0.129. The van der Waals surface area contributed by atoms with Crippen LogP contribution in [-0.2, 0) is 16.0 Å². The van der Waals surface area contributed by atoms with Crippen LogP contribution in [0.1, 0.15) is 23.4 Å².